The van der Waals surface area contributed by atoms with Gasteiger partial charge < -0.3 is 10.1 Å². The smallest absolute Gasteiger partial charge is 0.322 e. The third-order valence-electron chi connectivity index (χ3n) is 2.30. The zero-order chi connectivity index (χ0) is 12.0. The normalized spacial score (nSPS) is 18.3. The highest BCUT2D eigenvalue weighted by Crippen LogP contribution is 2.04. The van der Waals surface area contributed by atoms with Crippen LogP contribution in [0.2, 0.25) is 0 Å². The summed E-state index contributed by atoms with van der Waals surface area (Å²) in [5, 5.41) is 3.14. The standard InChI is InChI=1S/C9H18N2O4S/c1-2-15-9(12)7-16(13,14)11-8-3-5-10-6-4-8/h8,10-11H,2-7H2,1H3. The van der Waals surface area contributed by atoms with Crippen LogP contribution in [0.4, 0.5) is 0 Å². The Morgan fingerprint density at radius 2 is 2.06 bits per heavy atom. The van der Waals surface area contributed by atoms with Gasteiger partial charge in [-0.15, -0.1) is 0 Å². The van der Waals surface area contributed by atoms with Gasteiger partial charge >= 0.3 is 5.97 Å². The van der Waals surface area contributed by atoms with E-state index in [2.05, 4.69) is 14.8 Å². The van der Waals surface area contributed by atoms with E-state index in [-0.39, 0.29) is 12.6 Å². The number of hydrogen-bond donors (Lipinski definition) is 2. The van der Waals surface area contributed by atoms with Crippen molar-refractivity contribution in [2.75, 3.05) is 25.4 Å². The number of piperidine rings is 1. The van der Waals surface area contributed by atoms with E-state index in [0.717, 1.165) is 25.9 Å². The van der Waals surface area contributed by atoms with Crippen molar-refractivity contribution in [1.82, 2.24) is 10.0 Å². The van der Waals surface area contributed by atoms with Crippen LogP contribution in [0.5, 0.6) is 0 Å². The summed E-state index contributed by atoms with van der Waals surface area (Å²) < 4.78 is 30.2. The molecule has 0 spiro atoms. The molecule has 16 heavy (non-hydrogen) atoms. The summed E-state index contributed by atoms with van der Waals surface area (Å²) in [5.41, 5.74) is 0. The lowest BCUT2D eigenvalue weighted by atomic mass is 10.1. The molecule has 94 valence electrons. The Kier molecular flexibility index (Phi) is 5.17. The minimum atomic E-state index is -3.55. The van der Waals surface area contributed by atoms with Gasteiger partial charge in [-0.25, -0.2) is 13.1 Å². The van der Waals surface area contributed by atoms with Crippen molar-refractivity contribution in [3.8, 4) is 0 Å². The predicted octanol–water partition coefficient (Wildman–Crippen LogP) is -0.779. The van der Waals surface area contributed by atoms with Gasteiger partial charge in [-0.3, -0.25) is 4.79 Å². The van der Waals surface area contributed by atoms with Gasteiger partial charge in [0.25, 0.3) is 0 Å². The van der Waals surface area contributed by atoms with E-state index in [0.29, 0.717) is 0 Å². The van der Waals surface area contributed by atoms with E-state index in [1.807, 2.05) is 0 Å². The maximum absolute atomic E-state index is 11.6. The van der Waals surface area contributed by atoms with E-state index in [4.69, 9.17) is 0 Å². The van der Waals surface area contributed by atoms with E-state index in [9.17, 15) is 13.2 Å². The van der Waals surface area contributed by atoms with Crippen molar-refractivity contribution >= 4 is 16.0 Å². The summed E-state index contributed by atoms with van der Waals surface area (Å²) >= 11 is 0. The molecule has 6 nitrogen and oxygen atoms in total. The molecule has 7 heteroatoms. The predicted molar refractivity (Wildman–Crippen MR) is 59.4 cm³/mol. The Morgan fingerprint density at radius 3 is 2.62 bits per heavy atom. The fourth-order valence-electron chi connectivity index (χ4n) is 1.59. The molecule has 0 aromatic rings. The third kappa shape index (κ3) is 4.91. The summed E-state index contributed by atoms with van der Waals surface area (Å²) in [6.07, 6.45) is 1.50. The molecule has 1 saturated heterocycles. The minimum absolute atomic E-state index is 0.0688. The van der Waals surface area contributed by atoms with Crippen LogP contribution in [-0.4, -0.2) is 45.9 Å². The van der Waals surface area contributed by atoms with Crippen LogP contribution in [0.3, 0.4) is 0 Å². The molecule has 0 aromatic carbocycles. The Hall–Kier alpha value is -0.660. The molecule has 0 aliphatic carbocycles. The van der Waals surface area contributed by atoms with Crippen LogP contribution >= 0.6 is 0 Å². The van der Waals surface area contributed by atoms with Crippen LogP contribution < -0.4 is 10.0 Å². The molecule has 0 amide bonds. The molecule has 1 fully saturated rings. The molecule has 1 heterocycles. The lowest BCUT2D eigenvalue weighted by Gasteiger charge is -2.23. The molecule has 1 aliphatic rings. The van der Waals surface area contributed by atoms with E-state index < -0.39 is 21.7 Å². The van der Waals surface area contributed by atoms with Crippen molar-refractivity contribution in [1.29, 1.82) is 0 Å². The fourth-order valence-corrected chi connectivity index (χ4v) is 2.81. The molecule has 2 N–H and O–H groups in total. The maximum atomic E-state index is 11.6. The van der Waals surface area contributed by atoms with Gasteiger partial charge in [-0.05, 0) is 32.9 Å². The molecular formula is C9H18N2O4S. The molecule has 0 atom stereocenters. The third-order valence-corrected chi connectivity index (χ3v) is 3.61. The Labute approximate surface area is 95.8 Å². The van der Waals surface area contributed by atoms with Gasteiger partial charge in [0.2, 0.25) is 10.0 Å². The van der Waals surface area contributed by atoms with Gasteiger partial charge in [0.1, 0.15) is 0 Å². The first-order chi connectivity index (χ1) is 7.53. The second-order valence-corrected chi connectivity index (χ2v) is 5.46. The number of carbonyl (C=O) groups is 1. The molecule has 0 radical (unpaired) electrons. The van der Waals surface area contributed by atoms with Crippen LogP contribution in [0.15, 0.2) is 0 Å². The fraction of sp³-hybridized carbons (Fsp3) is 0.889. The highest BCUT2D eigenvalue weighted by atomic mass is 32.2. The molecular weight excluding hydrogens is 232 g/mol. The Morgan fingerprint density at radius 1 is 1.44 bits per heavy atom. The second-order valence-electron chi connectivity index (χ2n) is 3.71. The summed E-state index contributed by atoms with van der Waals surface area (Å²) in [5.74, 6) is -1.30. The number of rotatable bonds is 5. The van der Waals surface area contributed by atoms with Crippen LogP contribution in [0, 0.1) is 0 Å². The van der Waals surface area contributed by atoms with E-state index >= 15 is 0 Å². The van der Waals surface area contributed by atoms with Crippen molar-refractivity contribution in [3.63, 3.8) is 0 Å². The Balaban J connectivity index is 2.41. The molecule has 0 bridgehead atoms. The summed E-state index contributed by atoms with van der Waals surface area (Å²) in [4.78, 5) is 11.0. The van der Waals surface area contributed by atoms with E-state index in [1.54, 1.807) is 6.92 Å². The summed E-state index contributed by atoms with van der Waals surface area (Å²) in [6.45, 7) is 3.44. The highest BCUT2D eigenvalue weighted by Gasteiger charge is 2.22. The first-order valence-electron chi connectivity index (χ1n) is 5.40. The summed E-state index contributed by atoms with van der Waals surface area (Å²) in [6, 6.07) is -0.0688. The highest BCUT2D eigenvalue weighted by molar-refractivity contribution is 7.90. The van der Waals surface area contributed by atoms with Crippen molar-refractivity contribution in [2.24, 2.45) is 0 Å². The largest absolute Gasteiger partial charge is 0.465 e. The van der Waals surface area contributed by atoms with Crippen molar-refractivity contribution in [2.45, 2.75) is 25.8 Å². The first-order valence-corrected chi connectivity index (χ1v) is 7.05. The first kappa shape index (κ1) is 13.4. The quantitative estimate of drug-likeness (QED) is 0.625. The number of ether oxygens (including phenoxy) is 1. The van der Waals surface area contributed by atoms with Gasteiger partial charge in [-0.1, -0.05) is 0 Å². The van der Waals surface area contributed by atoms with Crippen molar-refractivity contribution in [3.05, 3.63) is 0 Å². The van der Waals surface area contributed by atoms with Gasteiger partial charge in [0.15, 0.2) is 5.75 Å². The number of hydrogen-bond acceptors (Lipinski definition) is 5. The van der Waals surface area contributed by atoms with Crippen molar-refractivity contribution < 1.29 is 17.9 Å². The van der Waals surface area contributed by atoms with E-state index in [1.165, 1.54) is 0 Å². The molecule has 0 unspecified atom stereocenters. The Bertz CT molecular complexity index is 322. The molecule has 1 aliphatic heterocycles. The lowest BCUT2D eigenvalue weighted by molar-refractivity contribution is -0.139. The molecule has 0 saturated carbocycles. The van der Waals surface area contributed by atoms with Crippen LogP contribution in [0.1, 0.15) is 19.8 Å². The number of nitrogens with one attached hydrogen (secondary N) is 2. The lowest BCUT2D eigenvalue weighted by Crippen LogP contribution is -2.44. The molecule has 1 rings (SSSR count). The second kappa shape index (κ2) is 6.17. The summed E-state index contributed by atoms with van der Waals surface area (Å²) in [7, 11) is -3.55. The zero-order valence-electron chi connectivity index (χ0n) is 9.36. The average Bonchev–Trinajstić information content (AvgIpc) is 2.17. The average molecular weight is 250 g/mol. The number of carbonyl (C=O) groups excluding carboxylic acids is 1. The van der Waals surface area contributed by atoms with Gasteiger partial charge in [0.05, 0.1) is 6.61 Å². The van der Waals surface area contributed by atoms with Gasteiger partial charge in [-0.2, -0.15) is 0 Å². The van der Waals surface area contributed by atoms with Crippen LogP contribution in [-0.2, 0) is 19.6 Å². The van der Waals surface area contributed by atoms with Crippen LogP contribution in [0.25, 0.3) is 0 Å². The van der Waals surface area contributed by atoms with Gasteiger partial charge in [0, 0.05) is 6.04 Å². The maximum Gasteiger partial charge on any atom is 0.322 e. The topological polar surface area (TPSA) is 84.5 Å². The molecule has 0 aromatic heterocycles. The number of sulfonamides is 1. The monoisotopic (exact) mass is 250 g/mol. The number of esters is 1. The zero-order valence-corrected chi connectivity index (χ0v) is 10.2. The minimum Gasteiger partial charge on any atom is -0.465 e. The SMILES string of the molecule is CCOC(=O)CS(=O)(=O)NC1CCNCC1.